The minimum Gasteiger partial charge on any atom is -0.463 e. The van der Waals surface area contributed by atoms with Crippen LogP contribution in [0.25, 0.3) is 0 Å². The van der Waals surface area contributed by atoms with Gasteiger partial charge in [-0.15, -0.1) is 0 Å². The lowest BCUT2D eigenvalue weighted by Crippen LogP contribution is -2.03. The minimum atomic E-state index is -0.388. The van der Waals surface area contributed by atoms with E-state index in [9.17, 15) is 5.11 Å². The predicted molar refractivity (Wildman–Crippen MR) is 66.8 cm³/mol. The molecule has 0 saturated heterocycles. The molecule has 1 aromatic rings. The van der Waals surface area contributed by atoms with E-state index in [0.29, 0.717) is 11.8 Å². The van der Waals surface area contributed by atoms with Crippen molar-refractivity contribution in [3.05, 3.63) is 23.7 Å². The molecule has 2 saturated carbocycles. The number of aliphatic hydroxyl groups is 1. The maximum atomic E-state index is 10.2. The minimum absolute atomic E-state index is 0.388. The number of hydrogen-bond donors (Lipinski definition) is 1. The molecule has 0 amide bonds. The zero-order valence-corrected chi connectivity index (χ0v) is 10.6. The lowest BCUT2D eigenvalue weighted by Gasteiger charge is -2.13. The summed E-state index contributed by atoms with van der Waals surface area (Å²) in [5.41, 5.74) is 0. The average molecular weight is 234 g/mol. The van der Waals surface area contributed by atoms with Crippen molar-refractivity contribution in [2.24, 2.45) is 11.8 Å². The van der Waals surface area contributed by atoms with Crippen LogP contribution in [0.5, 0.6) is 0 Å². The van der Waals surface area contributed by atoms with Crippen LogP contribution in [0.1, 0.15) is 69.0 Å². The smallest absolute Gasteiger partial charge is 0.132 e. The third kappa shape index (κ3) is 2.42. The molecule has 2 aliphatic rings. The van der Waals surface area contributed by atoms with Crippen molar-refractivity contribution in [3.8, 4) is 0 Å². The lowest BCUT2D eigenvalue weighted by atomic mass is 9.99. The molecule has 0 bridgehead atoms. The van der Waals surface area contributed by atoms with Crippen LogP contribution in [-0.4, -0.2) is 5.11 Å². The lowest BCUT2D eigenvalue weighted by molar-refractivity contribution is 0.119. The molecule has 17 heavy (non-hydrogen) atoms. The highest BCUT2D eigenvalue weighted by Crippen LogP contribution is 2.48. The van der Waals surface area contributed by atoms with Crippen LogP contribution in [-0.2, 0) is 0 Å². The topological polar surface area (TPSA) is 33.4 Å². The number of hydrogen-bond acceptors (Lipinski definition) is 2. The first-order valence-electron chi connectivity index (χ1n) is 7.01. The van der Waals surface area contributed by atoms with Gasteiger partial charge in [-0.05, 0) is 36.8 Å². The van der Waals surface area contributed by atoms with Crippen LogP contribution in [0.15, 0.2) is 16.5 Å². The van der Waals surface area contributed by atoms with Gasteiger partial charge in [0.15, 0.2) is 0 Å². The first-order valence-corrected chi connectivity index (χ1v) is 7.01. The van der Waals surface area contributed by atoms with Crippen LogP contribution in [0.2, 0.25) is 0 Å². The predicted octanol–water partition coefficient (Wildman–Crippen LogP) is 4.02. The van der Waals surface area contributed by atoms with Gasteiger partial charge in [-0.2, -0.15) is 0 Å². The van der Waals surface area contributed by atoms with Crippen molar-refractivity contribution >= 4 is 0 Å². The van der Waals surface area contributed by atoms with Crippen molar-refractivity contribution in [2.45, 2.75) is 57.5 Å². The molecule has 2 nitrogen and oxygen atoms in total. The number of furan rings is 1. The quantitative estimate of drug-likeness (QED) is 0.853. The molecular weight excluding hydrogens is 212 g/mol. The highest BCUT2D eigenvalue weighted by atomic mass is 16.4. The third-order valence-electron chi connectivity index (χ3n) is 4.48. The highest BCUT2D eigenvalue weighted by molar-refractivity contribution is 5.18. The maximum absolute atomic E-state index is 10.2. The Morgan fingerprint density at radius 3 is 2.71 bits per heavy atom. The molecule has 3 unspecified atom stereocenters. The first-order chi connectivity index (χ1) is 8.24. The van der Waals surface area contributed by atoms with Gasteiger partial charge in [0.2, 0.25) is 0 Å². The molecule has 1 aromatic heterocycles. The van der Waals surface area contributed by atoms with Crippen molar-refractivity contribution in [3.63, 3.8) is 0 Å². The van der Waals surface area contributed by atoms with E-state index in [4.69, 9.17) is 4.42 Å². The van der Waals surface area contributed by atoms with Gasteiger partial charge in [-0.3, -0.25) is 0 Å². The largest absolute Gasteiger partial charge is 0.463 e. The maximum Gasteiger partial charge on any atom is 0.132 e. The van der Waals surface area contributed by atoms with Crippen LogP contribution >= 0.6 is 0 Å². The molecule has 2 heteroatoms. The zero-order valence-electron chi connectivity index (χ0n) is 10.6. The zero-order chi connectivity index (χ0) is 11.8. The fourth-order valence-corrected chi connectivity index (χ4v) is 3.14. The second-order valence-electron chi connectivity index (χ2n) is 5.96. The molecule has 2 fully saturated rings. The Kier molecular flexibility index (Phi) is 2.99. The number of rotatable bonds is 4. The van der Waals surface area contributed by atoms with Crippen LogP contribution in [0, 0.1) is 11.8 Å². The van der Waals surface area contributed by atoms with E-state index in [-0.39, 0.29) is 6.10 Å². The molecule has 0 aliphatic heterocycles. The second kappa shape index (κ2) is 4.49. The van der Waals surface area contributed by atoms with E-state index in [2.05, 4.69) is 13.0 Å². The van der Waals surface area contributed by atoms with E-state index in [1.165, 1.54) is 32.1 Å². The standard InChI is InChI=1S/C15H22O2/c1-10-8-12(10)14-6-7-15(17-14)13(16)9-11-4-2-3-5-11/h6-7,10-13,16H,2-5,8-9H2,1H3. The molecule has 1 N–H and O–H groups in total. The average Bonchev–Trinajstić information content (AvgIpc) is 2.79. The van der Waals surface area contributed by atoms with E-state index < -0.39 is 0 Å². The second-order valence-corrected chi connectivity index (χ2v) is 5.96. The molecule has 1 heterocycles. The summed E-state index contributed by atoms with van der Waals surface area (Å²) >= 11 is 0. The Balaban J connectivity index is 1.60. The van der Waals surface area contributed by atoms with Gasteiger partial charge in [0.1, 0.15) is 17.6 Å². The van der Waals surface area contributed by atoms with Crippen molar-refractivity contribution in [1.29, 1.82) is 0 Å². The fourth-order valence-electron chi connectivity index (χ4n) is 3.14. The summed E-state index contributed by atoms with van der Waals surface area (Å²) in [5.74, 6) is 3.95. The van der Waals surface area contributed by atoms with Gasteiger partial charge < -0.3 is 9.52 Å². The van der Waals surface area contributed by atoms with Gasteiger partial charge in [-0.25, -0.2) is 0 Å². The number of aliphatic hydroxyl groups excluding tert-OH is 1. The van der Waals surface area contributed by atoms with E-state index in [1.54, 1.807) is 0 Å². The molecule has 3 atom stereocenters. The molecule has 0 spiro atoms. The summed E-state index contributed by atoms with van der Waals surface area (Å²) in [7, 11) is 0. The molecular formula is C15H22O2. The van der Waals surface area contributed by atoms with Gasteiger partial charge >= 0.3 is 0 Å². The Morgan fingerprint density at radius 2 is 2.06 bits per heavy atom. The van der Waals surface area contributed by atoms with Crippen molar-refractivity contribution < 1.29 is 9.52 Å². The first kappa shape index (κ1) is 11.3. The van der Waals surface area contributed by atoms with Crippen LogP contribution in [0.3, 0.4) is 0 Å². The van der Waals surface area contributed by atoms with Gasteiger partial charge in [0.25, 0.3) is 0 Å². The van der Waals surface area contributed by atoms with Crippen molar-refractivity contribution in [1.82, 2.24) is 0 Å². The summed E-state index contributed by atoms with van der Waals surface area (Å²) in [5, 5.41) is 10.2. The molecule has 3 rings (SSSR count). The molecule has 0 radical (unpaired) electrons. The van der Waals surface area contributed by atoms with Gasteiger partial charge in [0.05, 0.1) is 0 Å². The Morgan fingerprint density at radius 1 is 1.35 bits per heavy atom. The Hall–Kier alpha value is -0.760. The molecule has 94 valence electrons. The summed E-state index contributed by atoms with van der Waals surface area (Å²) in [6.45, 7) is 2.25. The van der Waals surface area contributed by atoms with Crippen LogP contribution in [0.4, 0.5) is 0 Å². The fraction of sp³-hybridized carbons (Fsp3) is 0.733. The summed E-state index contributed by atoms with van der Waals surface area (Å²) in [4.78, 5) is 0. The summed E-state index contributed by atoms with van der Waals surface area (Å²) in [6, 6.07) is 4.03. The monoisotopic (exact) mass is 234 g/mol. The summed E-state index contributed by atoms with van der Waals surface area (Å²) in [6.07, 6.45) is 6.97. The SMILES string of the molecule is CC1CC1c1ccc(C(O)CC2CCCC2)o1. The normalized spacial score (nSPS) is 30.7. The van der Waals surface area contributed by atoms with Crippen LogP contribution < -0.4 is 0 Å². The van der Waals surface area contributed by atoms with Gasteiger partial charge in [0, 0.05) is 5.92 Å². The highest BCUT2D eigenvalue weighted by Gasteiger charge is 2.37. The molecule has 0 aromatic carbocycles. The molecule has 2 aliphatic carbocycles. The third-order valence-corrected chi connectivity index (χ3v) is 4.48. The van der Waals surface area contributed by atoms with Crippen molar-refractivity contribution in [2.75, 3.05) is 0 Å². The van der Waals surface area contributed by atoms with E-state index in [1.807, 2.05) is 6.07 Å². The van der Waals surface area contributed by atoms with E-state index in [0.717, 1.165) is 23.9 Å². The Bertz CT molecular complexity index is 376. The summed E-state index contributed by atoms with van der Waals surface area (Å²) < 4.78 is 5.80. The van der Waals surface area contributed by atoms with Gasteiger partial charge in [-0.1, -0.05) is 32.6 Å². The van der Waals surface area contributed by atoms with E-state index >= 15 is 0 Å². The Labute approximate surface area is 103 Å².